The van der Waals surface area contributed by atoms with Gasteiger partial charge in [-0.05, 0) is 60.7 Å². The molecule has 0 aliphatic carbocycles. The van der Waals surface area contributed by atoms with Crippen molar-refractivity contribution in [3.05, 3.63) is 36.4 Å². The Hall–Kier alpha value is -1.78. The van der Waals surface area contributed by atoms with Crippen LogP contribution in [0.4, 0.5) is 0 Å². The van der Waals surface area contributed by atoms with Crippen molar-refractivity contribution in [2.45, 2.75) is 25.7 Å². The molecular formula is C18H24O4. The molecule has 0 fully saturated rings. The summed E-state index contributed by atoms with van der Waals surface area (Å²) in [4.78, 5) is 0. The quantitative estimate of drug-likeness (QED) is 0.662. The Labute approximate surface area is 131 Å². The molecule has 0 heterocycles. The standard InChI is InChI=1S/C18H24O4/c19-9-1-3-11-21-17-7-5-15-6-8-18(14-16(15)13-17)22-12-4-2-10-20/h5-8,13-14,19-20H,1-4,9-12H2. The van der Waals surface area contributed by atoms with Crippen LogP contribution in [0.25, 0.3) is 10.8 Å². The Bertz CT molecular complexity index is 521. The van der Waals surface area contributed by atoms with Crippen LogP contribution in [0.1, 0.15) is 25.7 Å². The van der Waals surface area contributed by atoms with E-state index in [4.69, 9.17) is 19.7 Å². The van der Waals surface area contributed by atoms with Gasteiger partial charge < -0.3 is 19.7 Å². The van der Waals surface area contributed by atoms with Gasteiger partial charge in [0.15, 0.2) is 0 Å². The Balaban J connectivity index is 1.96. The van der Waals surface area contributed by atoms with Gasteiger partial charge in [0.2, 0.25) is 0 Å². The molecule has 0 atom stereocenters. The summed E-state index contributed by atoms with van der Waals surface area (Å²) in [5.41, 5.74) is 0. The average Bonchev–Trinajstić information content (AvgIpc) is 2.55. The number of unbranched alkanes of at least 4 members (excludes halogenated alkanes) is 2. The van der Waals surface area contributed by atoms with Crippen LogP contribution in [0.2, 0.25) is 0 Å². The van der Waals surface area contributed by atoms with Crippen molar-refractivity contribution in [2.24, 2.45) is 0 Å². The molecule has 0 aliphatic heterocycles. The third-order valence-corrected chi connectivity index (χ3v) is 3.43. The summed E-state index contributed by atoms with van der Waals surface area (Å²) in [6.07, 6.45) is 3.23. The molecule has 2 N–H and O–H groups in total. The van der Waals surface area contributed by atoms with Crippen LogP contribution in [-0.4, -0.2) is 36.6 Å². The first-order valence-corrected chi connectivity index (χ1v) is 7.84. The Kier molecular flexibility index (Phi) is 7.00. The maximum atomic E-state index is 8.76. The van der Waals surface area contributed by atoms with Crippen molar-refractivity contribution in [1.82, 2.24) is 0 Å². The molecule has 2 aromatic carbocycles. The smallest absolute Gasteiger partial charge is 0.119 e. The highest BCUT2D eigenvalue weighted by molar-refractivity contribution is 5.85. The van der Waals surface area contributed by atoms with Gasteiger partial charge in [0.25, 0.3) is 0 Å². The highest BCUT2D eigenvalue weighted by Crippen LogP contribution is 2.25. The van der Waals surface area contributed by atoms with E-state index in [1.807, 2.05) is 36.4 Å². The van der Waals surface area contributed by atoms with E-state index in [0.717, 1.165) is 48.0 Å². The number of benzene rings is 2. The van der Waals surface area contributed by atoms with E-state index in [-0.39, 0.29) is 13.2 Å². The largest absolute Gasteiger partial charge is 0.494 e. The SMILES string of the molecule is OCCCCOc1ccc2ccc(OCCCCO)cc2c1. The van der Waals surface area contributed by atoms with E-state index in [9.17, 15) is 0 Å². The molecule has 0 aromatic heterocycles. The van der Waals surface area contributed by atoms with Crippen molar-refractivity contribution in [1.29, 1.82) is 0 Å². The lowest BCUT2D eigenvalue weighted by atomic mass is 10.1. The molecule has 2 aromatic rings. The summed E-state index contributed by atoms with van der Waals surface area (Å²) in [6, 6.07) is 12.0. The number of hydrogen-bond donors (Lipinski definition) is 2. The zero-order chi connectivity index (χ0) is 15.6. The fraction of sp³-hybridized carbons (Fsp3) is 0.444. The minimum Gasteiger partial charge on any atom is -0.494 e. The molecule has 0 amide bonds. The molecule has 120 valence electrons. The topological polar surface area (TPSA) is 58.9 Å². The van der Waals surface area contributed by atoms with Crippen molar-refractivity contribution >= 4 is 10.8 Å². The summed E-state index contributed by atoms with van der Waals surface area (Å²) in [5.74, 6) is 1.67. The minimum atomic E-state index is 0.206. The highest BCUT2D eigenvalue weighted by atomic mass is 16.5. The number of ether oxygens (including phenoxy) is 2. The van der Waals surface area contributed by atoms with Crippen LogP contribution in [-0.2, 0) is 0 Å². The fourth-order valence-electron chi connectivity index (χ4n) is 2.19. The van der Waals surface area contributed by atoms with Gasteiger partial charge in [-0.3, -0.25) is 0 Å². The molecule has 0 saturated carbocycles. The van der Waals surface area contributed by atoms with Crippen molar-refractivity contribution in [2.75, 3.05) is 26.4 Å². The van der Waals surface area contributed by atoms with Gasteiger partial charge in [-0.25, -0.2) is 0 Å². The molecule has 0 aliphatic rings. The van der Waals surface area contributed by atoms with E-state index in [1.165, 1.54) is 0 Å². The van der Waals surface area contributed by atoms with Gasteiger partial charge in [-0.1, -0.05) is 12.1 Å². The molecule has 4 nitrogen and oxygen atoms in total. The summed E-state index contributed by atoms with van der Waals surface area (Å²) in [6.45, 7) is 1.64. The Morgan fingerprint density at radius 1 is 0.636 bits per heavy atom. The number of rotatable bonds is 10. The lowest BCUT2D eigenvalue weighted by molar-refractivity contribution is 0.253. The lowest BCUT2D eigenvalue weighted by Gasteiger charge is -2.09. The normalized spacial score (nSPS) is 10.8. The summed E-state index contributed by atoms with van der Waals surface area (Å²) >= 11 is 0. The van der Waals surface area contributed by atoms with Crippen molar-refractivity contribution in [3.8, 4) is 11.5 Å². The third-order valence-electron chi connectivity index (χ3n) is 3.43. The monoisotopic (exact) mass is 304 g/mol. The fourth-order valence-corrected chi connectivity index (χ4v) is 2.19. The molecule has 22 heavy (non-hydrogen) atoms. The van der Waals surface area contributed by atoms with Gasteiger partial charge in [0.1, 0.15) is 11.5 Å². The van der Waals surface area contributed by atoms with E-state index >= 15 is 0 Å². The summed E-state index contributed by atoms with van der Waals surface area (Å²) < 4.78 is 11.4. The van der Waals surface area contributed by atoms with Crippen molar-refractivity contribution < 1.29 is 19.7 Å². The van der Waals surface area contributed by atoms with Crippen LogP contribution in [0.3, 0.4) is 0 Å². The maximum Gasteiger partial charge on any atom is 0.119 e. The van der Waals surface area contributed by atoms with Gasteiger partial charge in [-0.15, -0.1) is 0 Å². The maximum absolute atomic E-state index is 8.76. The first kappa shape index (κ1) is 16.6. The molecule has 2 rings (SSSR count). The molecule has 0 radical (unpaired) electrons. The first-order valence-electron chi connectivity index (χ1n) is 7.84. The number of hydrogen-bond acceptors (Lipinski definition) is 4. The van der Waals surface area contributed by atoms with E-state index in [1.54, 1.807) is 0 Å². The van der Waals surface area contributed by atoms with Gasteiger partial charge >= 0.3 is 0 Å². The Morgan fingerprint density at radius 2 is 1.14 bits per heavy atom. The summed E-state index contributed by atoms with van der Waals surface area (Å²) in [7, 11) is 0. The van der Waals surface area contributed by atoms with E-state index in [2.05, 4.69) is 0 Å². The second kappa shape index (κ2) is 9.28. The molecule has 0 unspecified atom stereocenters. The van der Waals surface area contributed by atoms with Gasteiger partial charge in [-0.2, -0.15) is 0 Å². The predicted molar refractivity (Wildman–Crippen MR) is 87.6 cm³/mol. The number of aliphatic hydroxyl groups is 2. The van der Waals surface area contributed by atoms with Gasteiger partial charge in [0, 0.05) is 13.2 Å². The molecular weight excluding hydrogens is 280 g/mol. The lowest BCUT2D eigenvalue weighted by Crippen LogP contribution is -1.99. The molecule has 0 bridgehead atoms. The van der Waals surface area contributed by atoms with Crippen LogP contribution in [0.15, 0.2) is 36.4 Å². The molecule has 4 heteroatoms. The first-order chi connectivity index (χ1) is 10.8. The highest BCUT2D eigenvalue weighted by Gasteiger charge is 2.01. The average molecular weight is 304 g/mol. The van der Waals surface area contributed by atoms with Crippen molar-refractivity contribution in [3.63, 3.8) is 0 Å². The van der Waals surface area contributed by atoms with Gasteiger partial charge in [0.05, 0.1) is 13.2 Å². The zero-order valence-corrected chi connectivity index (χ0v) is 12.8. The number of aliphatic hydroxyl groups excluding tert-OH is 2. The third kappa shape index (κ3) is 5.20. The number of fused-ring (bicyclic) bond motifs is 1. The van der Waals surface area contributed by atoms with Crippen LogP contribution in [0.5, 0.6) is 11.5 Å². The predicted octanol–water partition coefficient (Wildman–Crippen LogP) is 3.14. The van der Waals surface area contributed by atoms with E-state index in [0.29, 0.717) is 13.2 Å². The van der Waals surface area contributed by atoms with E-state index < -0.39 is 0 Å². The second-order valence-corrected chi connectivity index (χ2v) is 5.23. The molecule has 0 saturated heterocycles. The van der Waals surface area contributed by atoms with Crippen LogP contribution < -0.4 is 9.47 Å². The van der Waals surface area contributed by atoms with Crippen LogP contribution in [0, 0.1) is 0 Å². The Morgan fingerprint density at radius 3 is 1.59 bits per heavy atom. The minimum absolute atomic E-state index is 0.206. The molecule has 0 spiro atoms. The summed E-state index contributed by atoms with van der Waals surface area (Å²) in [5, 5.41) is 19.7. The van der Waals surface area contributed by atoms with Crippen LogP contribution >= 0.6 is 0 Å². The second-order valence-electron chi connectivity index (χ2n) is 5.23. The zero-order valence-electron chi connectivity index (χ0n) is 12.8.